The Morgan fingerprint density at radius 1 is 1.11 bits per heavy atom. The predicted octanol–water partition coefficient (Wildman–Crippen LogP) is 1.70. The second-order valence-electron chi connectivity index (χ2n) is 6.66. The summed E-state index contributed by atoms with van der Waals surface area (Å²) in [5.41, 5.74) is 5.73. The fourth-order valence-corrected chi connectivity index (χ4v) is 2.39. The molecule has 0 saturated carbocycles. The first kappa shape index (κ1) is 18.4. The largest absolute Gasteiger partial charge is 0.352 e. The van der Waals surface area contributed by atoms with Crippen molar-refractivity contribution in [3.05, 3.63) is 0 Å². The minimum absolute atomic E-state index is 0.0585. The number of rotatable bonds is 9. The third kappa shape index (κ3) is 9.00. The lowest BCUT2D eigenvalue weighted by Crippen LogP contribution is -2.46. The van der Waals surface area contributed by atoms with Crippen LogP contribution in [0.1, 0.15) is 40.5 Å². The lowest BCUT2D eigenvalue weighted by molar-refractivity contribution is -0.126. The maximum atomic E-state index is 12.3. The van der Waals surface area contributed by atoms with E-state index < -0.39 is 0 Å². The molecule has 0 spiro atoms. The molecule has 0 aromatic heterocycles. The Morgan fingerprint density at radius 2 is 1.63 bits per heavy atom. The summed E-state index contributed by atoms with van der Waals surface area (Å²) in [5.74, 6) is 1.13. The topological polar surface area (TPSA) is 58.4 Å². The number of nitrogens with two attached hydrogens (primary N) is 1. The van der Waals surface area contributed by atoms with E-state index in [-0.39, 0.29) is 17.9 Å². The third-order valence-corrected chi connectivity index (χ3v) is 3.10. The van der Waals surface area contributed by atoms with Gasteiger partial charge in [0.25, 0.3) is 0 Å². The molecule has 2 unspecified atom stereocenters. The van der Waals surface area contributed by atoms with Crippen LogP contribution in [0.5, 0.6) is 0 Å². The van der Waals surface area contributed by atoms with Crippen LogP contribution in [0.15, 0.2) is 0 Å². The van der Waals surface area contributed by atoms with Crippen molar-refractivity contribution in [3.63, 3.8) is 0 Å². The highest BCUT2D eigenvalue weighted by atomic mass is 16.2. The number of amides is 1. The maximum Gasteiger partial charge on any atom is 0.224 e. The van der Waals surface area contributed by atoms with Gasteiger partial charge in [0.15, 0.2) is 0 Å². The zero-order valence-corrected chi connectivity index (χ0v) is 13.6. The van der Waals surface area contributed by atoms with Crippen LogP contribution in [0, 0.1) is 17.8 Å². The molecule has 19 heavy (non-hydrogen) atoms. The van der Waals surface area contributed by atoms with Gasteiger partial charge in [0.05, 0.1) is 5.92 Å². The fraction of sp³-hybridized carbons (Fsp3) is 0.933. The van der Waals surface area contributed by atoms with Crippen molar-refractivity contribution < 1.29 is 4.79 Å². The van der Waals surface area contributed by atoms with E-state index in [1.54, 1.807) is 0 Å². The molecule has 0 radical (unpaired) electrons. The first-order chi connectivity index (χ1) is 8.76. The number of carbonyl (C=O) groups excluding carboxylic acids is 1. The number of carbonyl (C=O) groups is 1. The van der Waals surface area contributed by atoms with Crippen LogP contribution in [0.2, 0.25) is 0 Å². The lowest BCUT2D eigenvalue weighted by Gasteiger charge is -2.26. The molecule has 0 rings (SSSR count). The molecule has 0 fully saturated rings. The van der Waals surface area contributed by atoms with Gasteiger partial charge in [-0.05, 0) is 38.8 Å². The molecular weight excluding hydrogens is 238 g/mol. The highest BCUT2D eigenvalue weighted by Gasteiger charge is 2.22. The van der Waals surface area contributed by atoms with E-state index in [1.807, 2.05) is 14.1 Å². The Bertz CT molecular complexity index is 242. The standard InChI is InChI=1S/C15H33N3O/c1-11(2)7-13(9-16)15(19)17-14(8-12(3)4)10-18(5)6/h11-14H,7-10,16H2,1-6H3,(H,17,19). The molecule has 4 nitrogen and oxygen atoms in total. The Balaban J connectivity index is 4.49. The molecule has 0 aliphatic rings. The fourth-order valence-electron chi connectivity index (χ4n) is 2.39. The van der Waals surface area contributed by atoms with Gasteiger partial charge < -0.3 is 16.0 Å². The second-order valence-corrected chi connectivity index (χ2v) is 6.66. The van der Waals surface area contributed by atoms with Crippen molar-refractivity contribution in [2.24, 2.45) is 23.5 Å². The SMILES string of the molecule is CC(C)CC(CN(C)C)NC(=O)C(CN)CC(C)C. The van der Waals surface area contributed by atoms with Crippen LogP contribution in [-0.4, -0.2) is 44.0 Å². The highest BCUT2D eigenvalue weighted by Crippen LogP contribution is 2.12. The second kappa shape index (κ2) is 9.32. The van der Waals surface area contributed by atoms with Gasteiger partial charge in [-0.25, -0.2) is 0 Å². The van der Waals surface area contributed by atoms with Crippen molar-refractivity contribution >= 4 is 5.91 Å². The first-order valence-corrected chi connectivity index (χ1v) is 7.41. The predicted molar refractivity (Wildman–Crippen MR) is 81.9 cm³/mol. The summed E-state index contributed by atoms with van der Waals surface area (Å²) in [6.07, 6.45) is 1.86. The van der Waals surface area contributed by atoms with Gasteiger partial charge in [0, 0.05) is 19.1 Å². The molecule has 0 aromatic rings. The molecule has 0 saturated heterocycles. The van der Waals surface area contributed by atoms with Crippen LogP contribution in [0.4, 0.5) is 0 Å². The van der Waals surface area contributed by atoms with Gasteiger partial charge >= 0.3 is 0 Å². The molecule has 114 valence electrons. The monoisotopic (exact) mass is 271 g/mol. The summed E-state index contributed by atoms with van der Waals surface area (Å²) in [6.45, 7) is 9.93. The minimum atomic E-state index is -0.0585. The van der Waals surface area contributed by atoms with Crippen LogP contribution in [0.25, 0.3) is 0 Å². The van der Waals surface area contributed by atoms with Gasteiger partial charge in [0.2, 0.25) is 5.91 Å². The van der Waals surface area contributed by atoms with E-state index >= 15 is 0 Å². The van der Waals surface area contributed by atoms with Gasteiger partial charge in [-0.3, -0.25) is 4.79 Å². The number of hydrogen-bond acceptors (Lipinski definition) is 3. The minimum Gasteiger partial charge on any atom is -0.352 e. The van der Waals surface area contributed by atoms with Gasteiger partial charge in [-0.1, -0.05) is 27.7 Å². The van der Waals surface area contributed by atoms with Crippen molar-refractivity contribution in [2.45, 2.75) is 46.6 Å². The van der Waals surface area contributed by atoms with E-state index in [1.165, 1.54) is 0 Å². The molecular formula is C15H33N3O. The number of nitrogens with one attached hydrogen (secondary N) is 1. The Hall–Kier alpha value is -0.610. The number of hydrogen-bond donors (Lipinski definition) is 2. The summed E-state index contributed by atoms with van der Waals surface area (Å²) in [4.78, 5) is 14.4. The Kier molecular flexibility index (Phi) is 9.02. The van der Waals surface area contributed by atoms with Crippen LogP contribution in [-0.2, 0) is 4.79 Å². The molecule has 0 aliphatic carbocycles. The quantitative estimate of drug-likeness (QED) is 0.671. The summed E-state index contributed by atoms with van der Waals surface area (Å²) < 4.78 is 0. The summed E-state index contributed by atoms with van der Waals surface area (Å²) in [5, 5.41) is 3.18. The number of nitrogens with zero attached hydrogens (tertiary/aromatic N) is 1. The Labute approximate surface area is 119 Å². The average Bonchev–Trinajstić information content (AvgIpc) is 2.23. The van der Waals surface area contributed by atoms with E-state index in [0.29, 0.717) is 18.4 Å². The average molecular weight is 271 g/mol. The normalized spacial score (nSPS) is 15.1. The molecule has 1 amide bonds. The zero-order valence-electron chi connectivity index (χ0n) is 13.6. The van der Waals surface area contributed by atoms with E-state index in [2.05, 4.69) is 37.9 Å². The summed E-state index contributed by atoms with van der Waals surface area (Å²) in [6, 6.07) is 0.212. The molecule has 4 heteroatoms. The molecule has 0 heterocycles. The zero-order chi connectivity index (χ0) is 15.0. The van der Waals surface area contributed by atoms with Crippen molar-refractivity contribution in [3.8, 4) is 0 Å². The summed E-state index contributed by atoms with van der Waals surface area (Å²) >= 11 is 0. The highest BCUT2D eigenvalue weighted by molar-refractivity contribution is 5.79. The molecule has 3 N–H and O–H groups in total. The molecule has 2 atom stereocenters. The van der Waals surface area contributed by atoms with E-state index in [0.717, 1.165) is 19.4 Å². The van der Waals surface area contributed by atoms with E-state index in [9.17, 15) is 4.79 Å². The Morgan fingerprint density at radius 3 is 2.00 bits per heavy atom. The third-order valence-electron chi connectivity index (χ3n) is 3.10. The first-order valence-electron chi connectivity index (χ1n) is 7.41. The van der Waals surface area contributed by atoms with Crippen LogP contribution >= 0.6 is 0 Å². The summed E-state index contributed by atoms with van der Waals surface area (Å²) in [7, 11) is 4.07. The van der Waals surface area contributed by atoms with E-state index in [4.69, 9.17) is 5.73 Å². The number of likely N-dealkylation sites (N-methyl/N-ethyl adjacent to an activating group) is 1. The van der Waals surface area contributed by atoms with Gasteiger partial charge in [-0.15, -0.1) is 0 Å². The van der Waals surface area contributed by atoms with Crippen molar-refractivity contribution in [2.75, 3.05) is 27.2 Å². The smallest absolute Gasteiger partial charge is 0.224 e. The van der Waals surface area contributed by atoms with Crippen molar-refractivity contribution in [1.82, 2.24) is 10.2 Å². The lowest BCUT2D eigenvalue weighted by atomic mass is 9.95. The van der Waals surface area contributed by atoms with Crippen molar-refractivity contribution in [1.29, 1.82) is 0 Å². The molecule has 0 aliphatic heterocycles. The maximum absolute atomic E-state index is 12.3. The molecule has 0 bridgehead atoms. The van der Waals surface area contributed by atoms with Crippen LogP contribution in [0.3, 0.4) is 0 Å². The molecule has 0 aromatic carbocycles. The van der Waals surface area contributed by atoms with Gasteiger partial charge in [0.1, 0.15) is 0 Å². The van der Waals surface area contributed by atoms with Crippen LogP contribution < -0.4 is 11.1 Å². The van der Waals surface area contributed by atoms with Gasteiger partial charge in [-0.2, -0.15) is 0 Å².